The Morgan fingerprint density at radius 1 is 1.50 bits per heavy atom. The summed E-state index contributed by atoms with van der Waals surface area (Å²) in [7, 11) is 1.97. The number of ether oxygens (including phenoxy) is 1. The molecule has 100 valence electrons. The van der Waals surface area contributed by atoms with E-state index in [1.165, 1.54) is 0 Å². The summed E-state index contributed by atoms with van der Waals surface area (Å²) >= 11 is 11.2. The molecule has 0 bridgehead atoms. The summed E-state index contributed by atoms with van der Waals surface area (Å²) < 4.78 is 5.53. The van der Waals surface area contributed by atoms with Crippen LogP contribution in [0.3, 0.4) is 0 Å². The van der Waals surface area contributed by atoms with E-state index in [4.69, 9.17) is 34.3 Å². The summed E-state index contributed by atoms with van der Waals surface area (Å²) in [4.78, 5) is 2.36. The van der Waals surface area contributed by atoms with E-state index in [2.05, 4.69) is 0 Å². The molecule has 0 aliphatic rings. The van der Waals surface area contributed by atoms with Crippen molar-refractivity contribution >= 4 is 34.5 Å². The lowest BCUT2D eigenvalue weighted by Crippen LogP contribution is -2.26. The first-order valence-electron chi connectivity index (χ1n) is 5.84. The van der Waals surface area contributed by atoms with Crippen LogP contribution < -0.4 is 10.6 Å². The maximum Gasteiger partial charge on any atom is 0.107 e. The Hall–Kier alpha value is -0.840. The van der Waals surface area contributed by atoms with E-state index >= 15 is 0 Å². The van der Waals surface area contributed by atoms with E-state index in [-0.39, 0.29) is 6.10 Å². The van der Waals surface area contributed by atoms with Crippen LogP contribution in [-0.2, 0) is 4.74 Å². The summed E-state index contributed by atoms with van der Waals surface area (Å²) in [5.41, 5.74) is 7.38. The lowest BCUT2D eigenvalue weighted by atomic mass is 10.1. The molecule has 0 aliphatic carbocycles. The fourth-order valence-corrected chi connectivity index (χ4v) is 2.16. The van der Waals surface area contributed by atoms with Gasteiger partial charge in [0.2, 0.25) is 0 Å². The van der Waals surface area contributed by atoms with Crippen LogP contribution in [0.2, 0.25) is 5.02 Å². The number of rotatable bonds is 6. The van der Waals surface area contributed by atoms with Gasteiger partial charge in [0.15, 0.2) is 0 Å². The van der Waals surface area contributed by atoms with Gasteiger partial charge in [0, 0.05) is 19.3 Å². The predicted octanol–water partition coefficient (Wildman–Crippen LogP) is 2.84. The number of thiocarbonyl (C=S) groups is 1. The van der Waals surface area contributed by atoms with Gasteiger partial charge in [-0.15, -0.1) is 0 Å². The van der Waals surface area contributed by atoms with Crippen LogP contribution in [0.5, 0.6) is 0 Å². The van der Waals surface area contributed by atoms with Crippen molar-refractivity contribution in [1.29, 1.82) is 0 Å². The molecule has 0 amide bonds. The molecule has 3 nitrogen and oxygen atoms in total. The maximum atomic E-state index is 6.13. The van der Waals surface area contributed by atoms with Crippen molar-refractivity contribution in [2.45, 2.75) is 20.0 Å². The molecule has 0 spiro atoms. The summed E-state index contributed by atoms with van der Waals surface area (Å²) in [6, 6.07) is 5.63. The van der Waals surface area contributed by atoms with Gasteiger partial charge in [-0.1, -0.05) is 29.9 Å². The van der Waals surface area contributed by atoms with Gasteiger partial charge in [-0.3, -0.25) is 0 Å². The third-order valence-electron chi connectivity index (χ3n) is 2.53. The summed E-state index contributed by atoms with van der Waals surface area (Å²) in [6.07, 6.45) is 0.229. The molecule has 0 fully saturated rings. The SMILES string of the molecule is CC(C)OCCN(C)c1cccc(Cl)c1C(N)=S. The molecular weight excluding hydrogens is 268 g/mol. The van der Waals surface area contributed by atoms with E-state index < -0.39 is 0 Å². The molecule has 0 aromatic heterocycles. The average molecular weight is 287 g/mol. The van der Waals surface area contributed by atoms with Gasteiger partial charge in [-0.25, -0.2) is 0 Å². The highest BCUT2D eigenvalue weighted by Crippen LogP contribution is 2.26. The topological polar surface area (TPSA) is 38.5 Å². The van der Waals surface area contributed by atoms with E-state index in [0.29, 0.717) is 16.6 Å². The molecule has 0 aliphatic heterocycles. The highest BCUT2D eigenvalue weighted by Gasteiger charge is 2.13. The van der Waals surface area contributed by atoms with Crippen molar-refractivity contribution in [3.8, 4) is 0 Å². The molecule has 2 N–H and O–H groups in total. The monoisotopic (exact) mass is 286 g/mol. The van der Waals surface area contributed by atoms with Gasteiger partial charge in [0.1, 0.15) is 4.99 Å². The van der Waals surface area contributed by atoms with Crippen LogP contribution >= 0.6 is 23.8 Å². The molecule has 0 heterocycles. The molecule has 0 radical (unpaired) electrons. The Kier molecular flexibility index (Phi) is 5.85. The summed E-state index contributed by atoms with van der Waals surface area (Å²) in [5.74, 6) is 0. The number of hydrogen-bond acceptors (Lipinski definition) is 3. The molecule has 5 heteroatoms. The van der Waals surface area contributed by atoms with E-state index in [9.17, 15) is 0 Å². The molecule has 0 saturated carbocycles. The highest BCUT2D eigenvalue weighted by atomic mass is 35.5. The Labute approximate surface area is 119 Å². The Balaban J connectivity index is 2.82. The lowest BCUT2D eigenvalue weighted by molar-refractivity contribution is 0.0846. The first kappa shape index (κ1) is 15.2. The number of nitrogens with zero attached hydrogens (tertiary/aromatic N) is 1. The molecule has 1 aromatic carbocycles. The second kappa shape index (κ2) is 6.92. The number of nitrogens with two attached hydrogens (primary N) is 1. The lowest BCUT2D eigenvalue weighted by Gasteiger charge is -2.23. The average Bonchev–Trinajstić information content (AvgIpc) is 2.27. The Morgan fingerprint density at radius 3 is 2.72 bits per heavy atom. The van der Waals surface area contributed by atoms with E-state index in [1.54, 1.807) is 6.07 Å². The smallest absolute Gasteiger partial charge is 0.107 e. The Bertz CT molecular complexity index is 423. The summed E-state index contributed by atoms with van der Waals surface area (Å²) in [5, 5.41) is 0.580. The largest absolute Gasteiger partial charge is 0.389 e. The van der Waals surface area contributed by atoms with Gasteiger partial charge in [-0.2, -0.15) is 0 Å². The number of hydrogen-bond donors (Lipinski definition) is 1. The molecule has 0 unspecified atom stereocenters. The number of halogens is 1. The quantitative estimate of drug-likeness (QED) is 0.816. The van der Waals surface area contributed by atoms with Gasteiger partial charge < -0.3 is 15.4 Å². The molecule has 0 saturated heterocycles. The molecular formula is C13H19ClN2OS. The van der Waals surface area contributed by atoms with Crippen LogP contribution in [0.15, 0.2) is 18.2 Å². The first-order valence-corrected chi connectivity index (χ1v) is 6.63. The molecule has 1 aromatic rings. The third kappa shape index (κ3) is 4.12. The zero-order valence-electron chi connectivity index (χ0n) is 10.9. The van der Waals surface area contributed by atoms with Gasteiger partial charge in [-0.05, 0) is 26.0 Å². The van der Waals surface area contributed by atoms with Crippen molar-refractivity contribution < 1.29 is 4.74 Å². The van der Waals surface area contributed by atoms with Crippen molar-refractivity contribution in [3.63, 3.8) is 0 Å². The molecule has 0 atom stereocenters. The van der Waals surface area contributed by atoms with E-state index in [1.807, 2.05) is 37.9 Å². The van der Waals surface area contributed by atoms with Crippen LogP contribution in [-0.4, -0.2) is 31.3 Å². The highest BCUT2D eigenvalue weighted by molar-refractivity contribution is 7.80. The van der Waals surface area contributed by atoms with Gasteiger partial charge in [0.05, 0.1) is 23.3 Å². The minimum atomic E-state index is 0.229. The minimum Gasteiger partial charge on any atom is -0.389 e. The third-order valence-corrected chi connectivity index (χ3v) is 3.05. The second-order valence-electron chi connectivity index (χ2n) is 4.34. The van der Waals surface area contributed by atoms with Crippen LogP contribution in [0.1, 0.15) is 19.4 Å². The van der Waals surface area contributed by atoms with Crippen LogP contribution in [0, 0.1) is 0 Å². The van der Waals surface area contributed by atoms with Gasteiger partial charge in [0.25, 0.3) is 0 Å². The van der Waals surface area contributed by atoms with Gasteiger partial charge >= 0.3 is 0 Å². The first-order chi connectivity index (χ1) is 8.43. The van der Waals surface area contributed by atoms with Crippen molar-refractivity contribution in [2.24, 2.45) is 5.73 Å². The van der Waals surface area contributed by atoms with Crippen molar-refractivity contribution in [2.75, 3.05) is 25.1 Å². The van der Waals surface area contributed by atoms with Crippen molar-refractivity contribution in [1.82, 2.24) is 0 Å². The van der Waals surface area contributed by atoms with Crippen LogP contribution in [0.4, 0.5) is 5.69 Å². The maximum absolute atomic E-state index is 6.13. The fraction of sp³-hybridized carbons (Fsp3) is 0.462. The van der Waals surface area contributed by atoms with Crippen molar-refractivity contribution in [3.05, 3.63) is 28.8 Å². The zero-order chi connectivity index (χ0) is 13.7. The van der Waals surface area contributed by atoms with E-state index in [0.717, 1.165) is 17.8 Å². The Morgan fingerprint density at radius 2 is 2.17 bits per heavy atom. The molecule has 1 rings (SSSR count). The molecule has 18 heavy (non-hydrogen) atoms. The number of likely N-dealkylation sites (N-methyl/N-ethyl adjacent to an activating group) is 1. The fourth-order valence-electron chi connectivity index (χ4n) is 1.62. The second-order valence-corrected chi connectivity index (χ2v) is 5.19. The normalized spacial score (nSPS) is 10.7. The zero-order valence-corrected chi connectivity index (χ0v) is 12.5. The predicted molar refractivity (Wildman–Crippen MR) is 81.7 cm³/mol. The standard InChI is InChI=1S/C13H19ClN2OS/c1-9(2)17-8-7-16(3)11-6-4-5-10(14)12(11)13(15)18/h4-6,9H,7-8H2,1-3H3,(H2,15,18). The summed E-state index contributed by atoms with van der Waals surface area (Å²) in [6.45, 7) is 5.44. The van der Waals surface area contributed by atoms with Crippen LogP contribution in [0.25, 0.3) is 0 Å². The number of anilines is 1. The number of benzene rings is 1. The minimum absolute atomic E-state index is 0.229.